The van der Waals surface area contributed by atoms with Gasteiger partial charge in [-0.2, -0.15) is 0 Å². The molecule has 3 heteroatoms. The van der Waals surface area contributed by atoms with E-state index in [2.05, 4.69) is 19.1 Å². The number of rotatable bonds is 5. The summed E-state index contributed by atoms with van der Waals surface area (Å²) in [6, 6.07) is 8.28. The Morgan fingerprint density at radius 3 is 2.94 bits per heavy atom. The molecular formula is C15H23NO2. The molecule has 1 saturated heterocycles. The summed E-state index contributed by atoms with van der Waals surface area (Å²) in [5.74, 6) is 0.894. The molecule has 2 N–H and O–H groups in total. The second-order valence-electron chi connectivity index (χ2n) is 5.20. The van der Waals surface area contributed by atoms with E-state index in [-0.39, 0.29) is 6.04 Å². The van der Waals surface area contributed by atoms with Crippen LogP contribution in [0.1, 0.15) is 31.7 Å². The SMILES string of the molecule is COc1cccc(CC(N)CC2CCC(C)O2)c1. The fourth-order valence-electron chi connectivity index (χ4n) is 2.58. The maximum atomic E-state index is 6.20. The number of methoxy groups -OCH3 is 1. The first kappa shape index (κ1) is 13.4. The van der Waals surface area contributed by atoms with Crippen LogP contribution in [0.2, 0.25) is 0 Å². The molecule has 1 aromatic rings. The average Bonchev–Trinajstić information content (AvgIpc) is 2.74. The van der Waals surface area contributed by atoms with Gasteiger partial charge in [-0.3, -0.25) is 0 Å². The lowest BCUT2D eigenvalue weighted by molar-refractivity contribution is 0.0471. The van der Waals surface area contributed by atoms with Gasteiger partial charge in [0.2, 0.25) is 0 Å². The largest absolute Gasteiger partial charge is 0.497 e. The molecule has 0 aliphatic carbocycles. The van der Waals surface area contributed by atoms with Crippen LogP contribution in [0.15, 0.2) is 24.3 Å². The normalized spacial score (nSPS) is 25.1. The van der Waals surface area contributed by atoms with Crippen LogP contribution in [0.3, 0.4) is 0 Å². The highest BCUT2D eigenvalue weighted by atomic mass is 16.5. The zero-order valence-electron chi connectivity index (χ0n) is 11.3. The predicted molar refractivity (Wildman–Crippen MR) is 72.9 cm³/mol. The molecule has 3 atom stereocenters. The molecule has 0 amide bonds. The molecule has 3 unspecified atom stereocenters. The summed E-state index contributed by atoms with van der Waals surface area (Å²) in [4.78, 5) is 0. The summed E-state index contributed by atoms with van der Waals surface area (Å²) in [7, 11) is 1.69. The number of hydrogen-bond donors (Lipinski definition) is 1. The smallest absolute Gasteiger partial charge is 0.119 e. The molecule has 0 saturated carbocycles. The quantitative estimate of drug-likeness (QED) is 0.872. The van der Waals surface area contributed by atoms with E-state index in [1.807, 2.05) is 12.1 Å². The molecule has 1 aliphatic heterocycles. The first-order valence-corrected chi connectivity index (χ1v) is 6.71. The minimum atomic E-state index is 0.160. The number of benzene rings is 1. The van der Waals surface area contributed by atoms with E-state index in [1.54, 1.807) is 7.11 Å². The van der Waals surface area contributed by atoms with Crippen molar-refractivity contribution in [1.29, 1.82) is 0 Å². The van der Waals surface area contributed by atoms with E-state index in [0.29, 0.717) is 12.2 Å². The first-order valence-electron chi connectivity index (χ1n) is 6.71. The van der Waals surface area contributed by atoms with Gasteiger partial charge in [0.15, 0.2) is 0 Å². The van der Waals surface area contributed by atoms with Gasteiger partial charge < -0.3 is 15.2 Å². The molecule has 1 aromatic carbocycles. The topological polar surface area (TPSA) is 44.5 Å². The predicted octanol–water partition coefficient (Wildman–Crippen LogP) is 2.52. The Morgan fingerprint density at radius 2 is 2.28 bits per heavy atom. The van der Waals surface area contributed by atoms with Gasteiger partial charge >= 0.3 is 0 Å². The Morgan fingerprint density at radius 1 is 1.44 bits per heavy atom. The fraction of sp³-hybridized carbons (Fsp3) is 0.600. The highest BCUT2D eigenvalue weighted by Crippen LogP contribution is 2.23. The Balaban J connectivity index is 1.84. The molecule has 0 bridgehead atoms. The number of hydrogen-bond acceptors (Lipinski definition) is 3. The summed E-state index contributed by atoms with van der Waals surface area (Å²) in [6.07, 6.45) is 4.89. The van der Waals surface area contributed by atoms with Crippen molar-refractivity contribution in [1.82, 2.24) is 0 Å². The summed E-state index contributed by atoms with van der Waals surface area (Å²) in [5.41, 5.74) is 7.43. The molecule has 0 radical (unpaired) electrons. The van der Waals surface area contributed by atoms with Gasteiger partial charge in [0.05, 0.1) is 19.3 Å². The number of ether oxygens (including phenoxy) is 2. The maximum Gasteiger partial charge on any atom is 0.119 e. The van der Waals surface area contributed by atoms with Gasteiger partial charge in [0.25, 0.3) is 0 Å². The summed E-state index contributed by atoms with van der Waals surface area (Å²) in [6.45, 7) is 2.13. The van der Waals surface area contributed by atoms with E-state index in [4.69, 9.17) is 15.2 Å². The van der Waals surface area contributed by atoms with Crippen LogP contribution < -0.4 is 10.5 Å². The van der Waals surface area contributed by atoms with Crippen LogP contribution in [-0.4, -0.2) is 25.4 Å². The van der Waals surface area contributed by atoms with E-state index in [9.17, 15) is 0 Å². The van der Waals surface area contributed by atoms with Crippen LogP contribution in [0.25, 0.3) is 0 Å². The molecular weight excluding hydrogens is 226 g/mol. The Kier molecular flexibility index (Phi) is 4.61. The second-order valence-corrected chi connectivity index (χ2v) is 5.20. The van der Waals surface area contributed by atoms with E-state index in [1.165, 1.54) is 5.56 Å². The van der Waals surface area contributed by atoms with Crippen molar-refractivity contribution < 1.29 is 9.47 Å². The molecule has 3 nitrogen and oxygen atoms in total. The average molecular weight is 249 g/mol. The molecule has 1 aliphatic rings. The molecule has 1 heterocycles. The van der Waals surface area contributed by atoms with Crippen molar-refractivity contribution >= 4 is 0 Å². The Bertz CT molecular complexity index is 381. The van der Waals surface area contributed by atoms with Gasteiger partial charge in [-0.1, -0.05) is 12.1 Å². The van der Waals surface area contributed by atoms with Gasteiger partial charge in [-0.25, -0.2) is 0 Å². The van der Waals surface area contributed by atoms with E-state index < -0.39 is 0 Å². The van der Waals surface area contributed by atoms with Gasteiger partial charge in [-0.05, 0) is 50.3 Å². The van der Waals surface area contributed by atoms with Gasteiger partial charge in [0.1, 0.15) is 5.75 Å². The molecule has 2 rings (SSSR count). The Hall–Kier alpha value is -1.06. The van der Waals surface area contributed by atoms with Crippen LogP contribution in [0.4, 0.5) is 0 Å². The highest BCUT2D eigenvalue weighted by molar-refractivity contribution is 5.28. The summed E-state index contributed by atoms with van der Waals surface area (Å²) in [5, 5.41) is 0. The molecule has 0 aromatic heterocycles. The van der Waals surface area contributed by atoms with Crippen molar-refractivity contribution in [3.63, 3.8) is 0 Å². The van der Waals surface area contributed by atoms with Crippen molar-refractivity contribution in [2.45, 2.75) is 50.9 Å². The third-order valence-electron chi connectivity index (χ3n) is 3.52. The maximum absolute atomic E-state index is 6.20. The van der Waals surface area contributed by atoms with Gasteiger partial charge in [-0.15, -0.1) is 0 Å². The molecule has 1 fully saturated rings. The zero-order chi connectivity index (χ0) is 13.0. The van der Waals surface area contributed by atoms with Crippen molar-refractivity contribution in [3.8, 4) is 5.75 Å². The van der Waals surface area contributed by atoms with E-state index >= 15 is 0 Å². The summed E-state index contributed by atoms with van der Waals surface area (Å²) >= 11 is 0. The molecule has 18 heavy (non-hydrogen) atoms. The fourth-order valence-corrected chi connectivity index (χ4v) is 2.58. The van der Waals surface area contributed by atoms with Crippen molar-refractivity contribution in [2.24, 2.45) is 5.73 Å². The first-order chi connectivity index (χ1) is 8.67. The minimum absolute atomic E-state index is 0.160. The molecule has 0 spiro atoms. The standard InChI is InChI=1S/C15H23NO2/c1-11-6-7-15(18-11)10-13(16)8-12-4-3-5-14(9-12)17-2/h3-5,9,11,13,15H,6-8,10,16H2,1-2H3. The van der Waals surface area contributed by atoms with E-state index in [0.717, 1.165) is 31.4 Å². The number of nitrogens with two attached hydrogens (primary N) is 1. The third kappa shape index (κ3) is 3.72. The van der Waals surface area contributed by atoms with Crippen LogP contribution >= 0.6 is 0 Å². The third-order valence-corrected chi connectivity index (χ3v) is 3.52. The van der Waals surface area contributed by atoms with Crippen LogP contribution in [0.5, 0.6) is 5.75 Å². The minimum Gasteiger partial charge on any atom is -0.497 e. The summed E-state index contributed by atoms with van der Waals surface area (Å²) < 4.78 is 11.0. The lowest BCUT2D eigenvalue weighted by Gasteiger charge is -2.17. The van der Waals surface area contributed by atoms with Crippen molar-refractivity contribution in [3.05, 3.63) is 29.8 Å². The molecule has 100 valence electrons. The monoisotopic (exact) mass is 249 g/mol. The van der Waals surface area contributed by atoms with Crippen LogP contribution in [-0.2, 0) is 11.2 Å². The van der Waals surface area contributed by atoms with Crippen LogP contribution in [0, 0.1) is 0 Å². The lowest BCUT2D eigenvalue weighted by atomic mass is 10.00. The highest BCUT2D eigenvalue weighted by Gasteiger charge is 2.23. The Labute approximate surface area is 109 Å². The second kappa shape index (κ2) is 6.21. The van der Waals surface area contributed by atoms with Gasteiger partial charge in [0, 0.05) is 6.04 Å². The van der Waals surface area contributed by atoms with Crippen molar-refractivity contribution in [2.75, 3.05) is 7.11 Å². The zero-order valence-corrected chi connectivity index (χ0v) is 11.3. The lowest BCUT2D eigenvalue weighted by Crippen LogP contribution is -2.28.